The van der Waals surface area contributed by atoms with E-state index in [2.05, 4.69) is 28.8 Å². The monoisotopic (exact) mass is 222 g/mol. The summed E-state index contributed by atoms with van der Waals surface area (Å²) in [6.45, 7) is 8.12. The molecule has 1 aliphatic heterocycles. The highest BCUT2D eigenvalue weighted by atomic mass is 15.3. The van der Waals surface area contributed by atoms with Gasteiger partial charge in [0.15, 0.2) is 0 Å². The van der Waals surface area contributed by atoms with Crippen LogP contribution in [0, 0.1) is 5.92 Å². The molecule has 0 bridgehead atoms. The summed E-state index contributed by atoms with van der Waals surface area (Å²) in [5.41, 5.74) is 0. The fourth-order valence-electron chi connectivity index (χ4n) is 2.42. The van der Waals surface area contributed by atoms with Gasteiger partial charge >= 0.3 is 0 Å². The molecule has 2 rings (SSSR count). The van der Waals surface area contributed by atoms with Crippen LogP contribution in [0.5, 0.6) is 0 Å². The van der Waals surface area contributed by atoms with Crippen molar-refractivity contribution in [3.8, 4) is 0 Å². The second-order valence-corrected chi connectivity index (χ2v) is 5.02. The second kappa shape index (κ2) is 5.43. The Morgan fingerprint density at radius 3 is 2.62 bits per heavy atom. The zero-order valence-electron chi connectivity index (χ0n) is 10.3. The van der Waals surface area contributed by atoms with Crippen LogP contribution in [0.2, 0.25) is 0 Å². The van der Waals surface area contributed by atoms with E-state index >= 15 is 0 Å². The Hall–Kier alpha value is -0.900. The molecule has 0 spiro atoms. The molecule has 1 fully saturated rings. The van der Waals surface area contributed by atoms with Crippen molar-refractivity contribution in [1.82, 2.24) is 19.7 Å². The SMILES string of the molecule is CC(C)N1CCC(CCn2cncn2)CC1. The third-order valence-corrected chi connectivity index (χ3v) is 3.61. The molecular formula is C12H22N4. The van der Waals surface area contributed by atoms with Crippen molar-refractivity contribution in [2.75, 3.05) is 13.1 Å². The third-order valence-electron chi connectivity index (χ3n) is 3.61. The van der Waals surface area contributed by atoms with Gasteiger partial charge in [-0.1, -0.05) is 0 Å². The summed E-state index contributed by atoms with van der Waals surface area (Å²) < 4.78 is 1.94. The molecule has 0 radical (unpaired) electrons. The normalized spacial score (nSPS) is 19.4. The Balaban J connectivity index is 1.69. The molecule has 0 saturated carbocycles. The number of hydrogen-bond acceptors (Lipinski definition) is 3. The van der Waals surface area contributed by atoms with E-state index in [-0.39, 0.29) is 0 Å². The number of likely N-dealkylation sites (tertiary alicyclic amines) is 1. The predicted octanol–water partition coefficient (Wildman–Crippen LogP) is 1.79. The van der Waals surface area contributed by atoms with Crippen molar-refractivity contribution in [2.45, 2.75) is 45.7 Å². The van der Waals surface area contributed by atoms with E-state index in [0.717, 1.165) is 12.5 Å². The maximum atomic E-state index is 4.14. The van der Waals surface area contributed by atoms with Gasteiger partial charge in [-0.2, -0.15) is 5.10 Å². The lowest BCUT2D eigenvalue weighted by Gasteiger charge is -2.34. The van der Waals surface area contributed by atoms with Gasteiger partial charge in [0.1, 0.15) is 12.7 Å². The average Bonchev–Trinajstić information content (AvgIpc) is 2.80. The second-order valence-electron chi connectivity index (χ2n) is 5.02. The van der Waals surface area contributed by atoms with Gasteiger partial charge in [-0.05, 0) is 52.1 Å². The summed E-state index contributed by atoms with van der Waals surface area (Å²) in [5.74, 6) is 0.874. The molecule has 0 aromatic carbocycles. The van der Waals surface area contributed by atoms with Crippen LogP contribution in [0.4, 0.5) is 0 Å². The van der Waals surface area contributed by atoms with Crippen LogP contribution in [-0.4, -0.2) is 38.8 Å². The number of aromatic nitrogens is 3. The molecule has 0 atom stereocenters. The van der Waals surface area contributed by atoms with Gasteiger partial charge in [-0.15, -0.1) is 0 Å². The highest BCUT2D eigenvalue weighted by molar-refractivity contribution is 4.74. The fraction of sp³-hybridized carbons (Fsp3) is 0.833. The van der Waals surface area contributed by atoms with E-state index in [0.29, 0.717) is 6.04 Å². The zero-order valence-corrected chi connectivity index (χ0v) is 10.3. The fourth-order valence-corrected chi connectivity index (χ4v) is 2.42. The first kappa shape index (κ1) is 11.6. The Morgan fingerprint density at radius 1 is 1.31 bits per heavy atom. The minimum Gasteiger partial charge on any atom is -0.301 e. The number of piperidine rings is 1. The van der Waals surface area contributed by atoms with Crippen LogP contribution >= 0.6 is 0 Å². The minimum absolute atomic E-state index is 0.705. The van der Waals surface area contributed by atoms with Crippen molar-refractivity contribution in [1.29, 1.82) is 0 Å². The summed E-state index contributed by atoms with van der Waals surface area (Å²) in [4.78, 5) is 6.54. The largest absolute Gasteiger partial charge is 0.301 e. The van der Waals surface area contributed by atoms with Crippen LogP contribution in [0.1, 0.15) is 33.1 Å². The van der Waals surface area contributed by atoms with Gasteiger partial charge in [-0.3, -0.25) is 4.68 Å². The van der Waals surface area contributed by atoms with Crippen LogP contribution in [0.25, 0.3) is 0 Å². The topological polar surface area (TPSA) is 34.0 Å². The summed E-state index contributed by atoms with van der Waals surface area (Å²) in [6, 6.07) is 0.705. The number of nitrogens with zero attached hydrogens (tertiary/aromatic N) is 4. The summed E-state index contributed by atoms with van der Waals surface area (Å²) in [5, 5.41) is 4.14. The quantitative estimate of drug-likeness (QED) is 0.779. The molecule has 1 aromatic rings. The van der Waals surface area contributed by atoms with Gasteiger partial charge in [0, 0.05) is 12.6 Å². The van der Waals surface area contributed by atoms with Crippen molar-refractivity contribution in [2.24, 2.45) is 5.92 Å². The Morgan fingerprint density at radius 2 is 2.06 bits per heavy atom. The molecule has 1 aliphatic rings. The molecular weight excluding hydrogens is 200 g/mol. The van der Waals surface area contributed by atoms with Crippen LogP contribution in [-0.2, 0) is 6.54 Å². The first-order chi connectivity index (χ1) is 7.75. The van der Waals surface area contributed by atoms with Gasteiger partial charge in [0.05, 0.1) is 0 Å². The first-order valence-electron chi connectivity index (χ1n) is 6.32. The van der Waals surface area contributed by atoms with E-state index < -0.39 is 0 Å². The molecule has 4 heteroatoms. The number of hydrogen-bond donors (Lipinski definition) is 0. The lowest BCUT2D eigenvalue weighted by atomic mass is 9.93. The molecule has 90 valence electrons. The minimum atomic E-state index is 0.705. The van der Waals surface area contributed by atoms with Gasteiger partial charge < -0.3 is 4.90 Å². The maximum absolute atomic E-state index is 4.14. The van der Waals surface area contributed by atoms with Gasteiger partial charge in [-0.25, -0.2) is 4.98 Å². The van der Waals surface area contributed by atoms with E-state index in [9.17, 15) is 0 Å². The van der Waals surface area contributed by atoms with Gasteiger partial charge in [0.2, 0.25) is 0 Å². The molecule has 0 aliphatic carbocycles. The van der Waals surface area contributed by atoms with E-state index in [4.69, 9.17) is 0 Å². The Bertz CT molecular complexity index is 286. The summed E-state index contributed by atoms with van der Waals surface area (Å²) >= 11 is 0. The molecule has 2 heterocycles. The smallest absolute Gasteiger partial charge is 0.137 e. The Labute approximate surface area is 97.7 Å². The zero-order chi connectivity index (χ0) is 11.4. The maximum Gasteiger partial charge on any atom is 0.137 e. The van der Waals surface area contributed by atoms with Crippen molar-refractivity contribution in [3.63, 3.8) is 0 Å². The van der Waals surface area contributed by atoms with E-state index in [1.165, 1.54) is 32.4 Å². The standard InChI is InChI=1S/C12H22N4/c1-11(2)15-6-3-12(4-7-15)5-8-16-10-13-9-14-16/h9-12H,3-8H2,1-2H3. The number of aryl methyl sites for hydroxylation is 1. The van der Waals surface area contributed by atoms with Crippen molar-refractivity contribution in [3.05, 3.63) is 12.7 Å². The third kappa shape index (κ3) is 3.04. The molecule has 0 N–H and O–H groups in total. The molecule has 1 saturated heterocycles. The summed E-state index contributed by atoms with van der Waals surface area (Å²) in [6.07, 6.45) is 7.35. The van der Waals surface area contributed by atoms with Crippen molar-refractivity contribution >= 4 is 0 Å². The first-order valence-corrected chi connectivity index (χ1v) is 6.32. The van der Waals surface area contributed by atoms with Crippen molar-refractivity contribution < 1.29 is 0 Å². The summed E-state index contributed by atoms with van der Waals surface area (Å²) in [7, 11) is 0. The van der Waals surface area contributed by atoms with E-state index in [1.54, 1.807) is 6.33 Å². The van der Waals surface area contributed by atoms with Gasteiger partial charge in [0.25, 0.3) is 0 Å². The Kier molecular flexibility index (Phi) is 3.93. The molecule has 0 amide bonds. The van der Waals surface area contributed by atoms with E-state index in [1.807, 2.05) is 11.0 Å². The highest BCUT2D eigenvalue weighted by Gasteiger charge is 2.20. The average molecular weight is 222 g/mol. The molecule has 4 nitrogen and oxygen atoms in total. The molecule has 1 aromatic heterocycles. The highest BCUT2D eigenvalue weighted by Crippen LogP contribution is 2.22. The van der Waals surface area contributed by atoms with Crippen LogP contribution < -0.4 is 0 Å². The lowest BCUT2D eigenvalue weighted by molar-refractivity contribution is 0.143. The number of rotatable bonds is 4. The van der Waals surface area contributed by atoms with Crippen LogP contribution in [0.3, 0.4) is 0 Å². The molecule has 0 unspecified atom stereocenters. The molecule has 16 heavy (non-hydrogen) atoms. The predicted molar refractivity (Wildman–Crippen MR) is 64.1 cm³/mol. The lowest BCUT2D eigenvalue weighted by Crippen LogP contribution is -2.38. The van der Waals surface area contributed by atoms with Crippen LogP contribution in [0.15, 0.2) is 12.7 Å².